The van der Waals surface area contributed by atoms with Gasteiger partial charge in [0.2, 0.25) is 5.91 Å². The summed E-state index contributed by atoms with van der Waals surface area (Å²) in [5.41, 5.74) is 4.03. The Kier molecular flexibility index (Phi) is 5.66. The fourth-order valence-electron chi connectivity index (χ4n) is 4.54. The van der Waals surface area contributed by atoms with Crippen LogP contribution in [-0.2, 0) is 11.2 Å². The lowest BCUT2D eigenvalue weighted by Gasteiger charge is -2.33. The van der Waals surface area contributed by atoms with Crippen LogP contribution in [0.4, 0.5) is 5.69 Å². The van der Waals surface area contributed by atoms with Gasteiger partial charge in [-0.15, -0.1) is 0 Å². The van der Waals surface area contributed by atoms with Gasteiger partial charge in [0.1, 0.15) is 11.5 Å². The number of aryl methyl sites for hydroxylation is 1. The van der Waals surface area contributed by atoms with Gasteiger partial charge in [0.25, 0.3) is 5.91 Å². The minimum absolute atomic E-state index is 0.0422. The van der Waals surface area contributed by atoms with Crippen LogP contribution in [0.1, 0.15) is 34.3 Å². The predicted molar refractivity (Wildman–Crippen MR) is 115 cm³/mol. The smallest absolute Gasteiger partial charge is 0.254 e. The van der Waals surface area contributed by atoms with Crippen LogP contribution in [0, 0.1) is 12.8 Å². The van der Waals surface area contributed by atoms with Crippen LogP contribution in [-0.4, -0.2) is 50.6 Å². The van der Waals surface area contributed by atoms with Crippen LogP contribution in [0.3, 0.4) is 0 Å². The van der Waals surface area contributed by atoms with Crippen molar-refractivity contribution in [2.75, 3.05) is 38.8 Å². The molecular weight excluding hydrogens is 380 g/mol. The number of ether oxygens (including phenoxy) is 2. The lowest BCUT2D eigenvalue weighted by atomic mass is 9.94. The van der Waals surface area contributed by atoms with E-state index < -0.39 is 0 Å². The number of piperidine rings is 1. The van der Waals surface area contributed by atoms with Crippen molar-refractivity contribution in [1.82, 2.24) is 4.90 Å². The van der Waals surface area contributed by atoms with Crippen molar-refractivity contribution < 1.29 is 19.1 Å². The molecule has 0 aromatic heterocycles. The molecule has 0 N–H and O–H groups in total. The lowest BCUT2D eigenvalue weighted by Crippen LogP contribution is -2.44. The molecule has 0 spiro atoms. The molecule has 1 fully saturated rings. The van der Waals surface area contributed by atoms with E-state index in [2.05, 4.69) is 25.1 Å². The number of anilines is 1. The van der Waals surface area contributed by atoms with Gasteiger partial charge in [-0.05, 0) is 49.4 Å². The molecule has 1 saturated heterocycles. The number of amides is 2. The number of rotatable bonds is 4. The van der Waals surface area contributed by atoms with Crippen molar-refractivity contribution in [2.45, 2.75) is 26.2 Å². The normalized spacial score (nSPS) is 16.4. The van der Waals surface area contributed by atoms with E-state index in [1.165, 1.54) is 5.56 Å². The van der Waals surface area contributed by atoms with Crippen LogP contribution in [0.25, 0.3) is 0 Å². The summed E-state index contributed by atoms with van der Waals surface area (Å²) >= 11 is 0. The van der Waals surface area contributed by atoms with Crippen LogP contribution in [0.15, 0.2) is 36.4 Å². The second kappa shape index (κ2) is 8.38. The summed E-state index contributed by atoms with van der Waals surface area (Å²) in [5, 5.41) is 0. The third kappa shape index (κ3) is 3.74. The van der Waals surface area contributed by atoms with E-state index in [0.29, 0.717) is 43.0 Å². The van der Waals surface area contributed by atoms with E-state index in [1.807, 2.05) is 9.80 Å². The number of nitrogens with zero attached hydrogens (tertiary/aromatic N) is 2. The molecule has 0 unspecified atom stereocenters. The first-order valence-electron chi connectivity index (χ1n) is 10.4. The number of likely N-dealkylation sites (tertiary alicyclic amines) is 1. The molecule has 0 saturated carbocycles. The highest BCUT2D eigenvalue weighted by atomic mass is 16.5. The van der Waals surface area contributed by atoms with Crippen molar-refractivity contribution in [3.63, 3.8) is 0 Å². The Morgan fingerprint density at radius 2 is 1.63 bits per heavy atom. The Bertz CT molecular complexity index is 941. The van der Waals surface area contributed by atoms with Crippen LogP contribution >= 0.6 is 0 Å². The largest absolute Gasteiger partial charge is 0.497 e. The number of methoxy groups -OCH3 is 2. The number of para-hydroxylation sites is 1. The molecule has 30 heavy (non-hydrogen) atoms. The second-order valence-electron chi connectivity index (χ2n) is 7.99. The van der Waals surface area contributed by atoms with Crippen molar-refractivity contribution in [1.29, 1.82) is 0 Å². The van der Waals surface area contributed by atoms with E-state index in [-0.39, 0.29) is 17.7 Å². The Morgan fingerprint density at radius 3 is 2.27 bits per heavy atom. The maximum absolute atomic E-state index is 13.2. The fourth-order valence-corrected chi connectivity index (χ4v) is 4.54. The molecule has 2 aliphatic rings. The van der Waals surface area contributed by atoms with Crippen molar-refractivity contribution in [3.05, 3.63) is 53.1 Å². The highest BCUT2D eigenvalue weighted by molar-refractivity contribution is 5.98. The summed E-state index contributed by atoms with van der Waals surface area (Å²) in [6.07, 6.45) is 2.28. The molecule has 0 aliphatic carbocycles. The van der Waals surface area contributed by atoms with Gasteiger partial charge in [0, 0.05) is 42.9 Å². The topological polar surface area (TPSA) is 59.1 Å². The number of benzene rings is 2. The molecule has 6 nitrogen and oxygen atoms in total. The zero-order valence-corrected chi connectivity index (χ0v) is 17.8. The molecule has 2 aromatic carbocycles. The van der Waals surface area contributed by atoms with E-state index in [4.69, 9.17) is 9.47 Å². The minimum atomic E-state index is -0.0551. The van der Waals surface area contributed by atoms with Gasteiger partial charge in [-0.1, -0.05) is 18.2 Å². The summed E-state index contributed by atoms with van der Waals surface area (Å²) in [7, 11) is 3.14. The molecule has 0 atom stereocenters. The molecule has 2 amide bonds. The highest BCUT2D eigenvalue weighted by Gasteiger charge is 2.34. The Hall–Kier alpha value is -3.02. The van der Waals surface area contributed by atoms with Crippen LogP contribution in [0.5, 0.6) is 11.5 Å². The summed E-state index contributed by atoms with van der Waals surface area (Å²) in [6.45, 7) is 3.96. The molecule has 6 heteroatoms. The summed E-state index contributed by atoms with van der Waals surface area (Å²) in [6, 6.07) is 11.4. The molecule has 2 aliphatic heterocycles. The number of hydrogen-bond donors (Lipinski definition) is 0. The molecule has 2 aromatic rings. The number of carbonyl (C=O) groups is 2. The lowest BCUT2D eigenvalue weighted by molar-refractivity contribution is -0.123. The Morgan fingerprint density at radius 1 is 0.967 bits per heavy atom. The molecular formula is C24H28N2O4. The SMILES string of the molecule is COc1cc(OC)cc(C(=O)N2CCC(C(=O)N3CCc4cccc(C)c43)CC2)c1. The Balaban J connectivity index is 1.42. The second-order valence-corrected chi connectivity index (χ2v) is 7.99. The van der Waals surface area contributed by atoms with Crippen LogP contribution in [0.2, 0.25) is 0 Å². The van der Waals surface area contributed by atoms with Gasteiger partial charge >= 0.3 is 0 Å². The quantitative estimate of drug-likeness (QED) is 0.778. The van der Waals surface area contributed by atoms with E-state index in [0.717, 1.165) is 24.2 Å². The van der Waals surface area contributed by atoms with E-state index >= 15 is 0 Å². The number of fused-ring (bicyclic) bond motifs is 1. The molecule has 0 radical (unpaired) electrons. The van der Waals surface area contributed by atoms with Gasteiger partial charge in [0.15, 0.2) is 0 Å². The predicted octanol–water partition coefficient (Wildman–Crippen LogP) is 3.45. The fraction of sp³-hybridized carbons (Fsp3) is 0.417. The number of carbonyl (C=O) groups excluding carboxylic acids is 2. The molecule has 0 bridgehead atoms. The van der Waals surface area contributed by atoms with Gasteiger partial charge in [-0.2, -0.15) is 0 Å². The average molecular weight is 408 g/mol. The maximum Gasteiger partial charge on any atom is 0.254 e. The van der Waals surface area contributed by atoms with Crippen molar-refractivity contribution in [2.24, 2.45) is 5.92 Å². The highest BCUT2D eigenvalue weighted by Crippen LogP contribution is 2.34. The summed E-state index contributed by atoms with van der Waals surface area (Å²) in [4.78, 5) is 30.0. The van der Waals surface area contributed by atoms with Crippen molar-refractivity contribution in [3.8, 4) is 11.5 Å². The number of hydrogen-bond acceptors (Lipinski definition) is 4. The minimum Gasteiger partial charge on any atom is -0.497 e. The molecule has 4 rings (SSSR count). The van der Waals surface area contributed by atoms with Gasteiger partial charge in [0.05, 0.1) is 14.2 Å². The average Bonchev–Trinajstić information content (AvgIpc) is 3.23. The first-order chi connectivity index (χ1) is 14.5. The summed E-state index contributed by atoms with van der Waals surface area (Å²) in [5.74, 6) is 1.27. The first kappa shape index (κ1) is 20.3. The molecule has 158 valence electrons. The first-order valence-corrected chi connectivity index (χ1v) is 10.4. The van der Waals surface area contributed by atoms with Gasteiger partial charge in [-0.25, -0.2) is 0 Å². The molecule has 2 heterocycles. The third-order valence-corrected chi connectivity index (χ3v) is 6.19. The zero-order chi connectivity index (χ0) is 21.3. The van der Waals surface area contributed by atoms with Crippen LogP contribution < -0.4 is 14.4 Å². The van der Waals surface area contributed by atoms with Gasteiger partial charge in [-0.3, -0.25) is 9.59 Å². The van der Waals surface area contributed by atoms with E-state index in [9.17, 15) is 9.59 Å². The zero-order valence-electron chi connectivity index (χ0n) is 17.8. The van der Waals surface area contributed by atoms with Gasteiger partial charge < -0.3 is 19.3 Å². The maximum atomic E-state index is 13.2. The third-order valence-electron chi connectivity index (χ3n) is 6.19. The Labute approximate surface area is 177 Å². The summed E-state index contributed by atoms with van der Waals surface area (Å²) < 4.78 is 10.6. The van der Waals surface area contributed by atoms with E-state index in [1.54, 1.807) is 32.4 Å². The monoisotopic (exact) mass is 408 g/mol. The standard InChI is InChI=1S/C24H28N2O4/c1-16-5-4-6-17-9-12-26(22(16)17)24(28)18-7-10-25(11-8-18)23(27)19-13-20(29-2)15-21(14-19)30-3/h4-6,13-15,18H,7-12H2,1-3H3. The van der Waals surface area contributed by atoms with Crippen molar-refractivity contribution >= 4 is 17.5 Å².